The van der Waals surface area contributed by atoms with Crippen LogP contribution >= 0.6 is 12.2 Å². The van der Waals surface area contributed by atoms with Crippen molar-refractivity contribution in [1.82, 2.24) is 14.9 Å². The van der Waals surface area contributed by atoms with Crippen LogP contribution in [0.3, 0.4) is 0 Å². The lowest BCUT2D eigenvalue weighted by molar-refractivity contribution is -0.118. The molecule has 0 unspecified atom stereocenters. The number of amides is 1. The van der Waals surface area contributed by atoms with Gasteiger partial charge in [0.05, 0.1) is 11.1 Å². The number of nitrogens with one attached hydrogen (secondary N) is 2. The third-order valence-corrected chi connectivity index (χ3v) is 6.20. The molecule has 3 N–H and O–H groups in total. The first-order valence-corrected chi connectivity index (χ1v) is 11.1. The molecule has 2 aromatic rings. The Morgan fingerprint density at radius 1 is 1.32 bits per heavy atom. The SMILES string of the molecule is CC(=O)NCCC1=c2ccccc2=N/C1=C\c1c(O)n(C2CCCCC2)c(=S)[nH]c1=O. The van der Waals surface area contributed by atoms with Crippen molar-refractivity contribution < 1.29 is 9.90 Å². The van der Waals surface area contributed by atoms with E-state index in [1.54, 1.807) is 10.6 Å². The lowest BCUT2D eigenvalue weighted by Crippen LogP contribution is -2.25. The number of allylic oxidation sites excluding steroid dienone is 1. The monoisotopic (exact) mass is 438 g/mol. The first-order chi connectivity index (χ1) is 15.0. The third kappa shape index (κ3) is 4.39. The number of rotatable bonds is 5. The van der Waals surface area contributed by atoms with Gasteiger partial charge in [0.25, 0.3) is 5.56 Å². The molecule has 1 aromatic heterocycles. The maximum atomic E-state index is 12.7. The summed E-state index contributed by atoms with van der Waals surface area (Å²) in [6, 6.07) is 7.80. The minimum Gasteiger partial charge on any atom is -0.494 e. The average Bonchev–Trinajstić information content (AvgIpc) is 3.09. The number of para-hydroxylation sites is 1. The van der Waals surface area contributed by atoms with Crippen LogP contribution in [0.25, 0.3) is 11.6 Å². The van der Waals surface area contributed by atoms with Gasteiger partial charge in [0, 0.05) is 24.7 Å². The summed E-state index contributed by atoms with van der Waals surface area (Å²) in [4.78, 5) is 31.4. The first-order valence-electron chi connectivity index (χ1n) is 10.7. The van der Waals surface area contributed by atoms with Crippen molar-refractivity contribution in [2.75, 3.05) is 6.54 Å². The Kier molecular flexibility index (Phi) is 6.18. The minimum atomic E-state index is -0.436. The van der Waals surface area contributed by atoms with Crippen LogP contribution in [0.15, 0.2) is 39.7 Å². The molecule has 0 saturated heterocycles. The Labute approximate surface area is 184 Å². The molecule has 31 heavy (non-hydrogen) atoms. The molecule has 1 aromatic carbocycles. The Hall–Kier alpha value is -3.00. The van der Waals surface area contributed by atoms with Crippen molar-refractivity contribution in [1.29, 1.82) is 0 Å². The van der Waals surface area contributed by atoms with Gasteiger partial charge >= 0.3 is 0 Å². The zero-order chi connectivity index (χ0) is 22.0. The molecule has 0 radical (unpaired) electrons. The van der Waals surface area contributed by atoms with E-state index in [4.69, 9.17) is 12.2 Å². The highest BCUT2D eigenvalue weighted by Gasteiger charge is 2.22. The highest BCUT2D eigenvalue weighted by atomic mass is 32.1. The van der Waals surface area contributed by atoms with Gasteiger partial charge in [-0.15, -0.1) is 0 Å². The fourth-order valence-electron chi connectivity index (χ4n) is 4.40. The number of hydrogen-bond acceptors (Lipinski definition) is 5. The van der Waals surface area contributed by atoms with Crippen molar-refractivity contribution in [3.8, 4) is 5.88 Å². The van der Waals surface area contributed by atoms with Crippen molar-refractivity contribution in [2.24, 2.45) is 4.99 Å². The van der Waals surface area contributed by atoms with Crippen LogP contribution in [-0.4, -0.2) is 27.1 Å². The van der Waals surface area contributed by atoms with Gasteiger partial charge < -0.3 is 10.4 Å². The first kappa shape index (κ1) is 21.2. The minimum absolute atomic E-state index is 0.0798. The van der Waals surface area contributed by atoms with Gasteiger partial charge in [-0.05, 0) is 49.2 Å². The molecule has 7 nitrogen and oxygen atoms in total. The smallest absolute Gasteiger partial charge is 0.262 e. The van der Waals surface area contributed by atoms with E-state index in [-0.39, 0.29) is 28.2 Å². The number of aromatic hydroxyl groups is 1. The molecule has 1 aliphatic carbocycles. The lowest BCUT2D eigenvalue weighted by atomic mass is 9.95. The van der Waals surface area contributed by atoms with E-state index in [0.717, 1.165) is 41.8 Å². The Morgan fingerprint density at radius 2 is 2.06 bits per heavy atom. The zero-order valence-electron chi connectivity index (χ0n) is 17.5. The zero-order valence-corrected chi connectivity index (χ0v) is 18.3. The van der Waals surface area contributed by atoms with Crippen molar-refractivity contribution in [3.05, 3.63) is 61.2 Å². The van der Waals surface area contributed by atoms with Crippen LogP contribution in [0.2, 0.25) is 0 Å². The molecule has 1 amide bonds. The number of nitrogens with zero attached hydrogens (tertiary/aromatic N) is 2. The summed E-state index contributed by atoms with van der Waals surface area (Å²) >= 11 is 5.37. The summed E-state index contributed by atoms with van der Waals surface area (Å²) in [6.45, 7) is 1.94. The van der Waals surface area contributed by atoms with Gasteiger partial charge in [-0.1, -0.05) is 37.5 Å². The van der Waals surface area contributed by atoms with E-state index in [9.17, 15) is 14.7 Å². The van der Waals surface area contributed by atoms with Crippen LogP contribution in [-0.2, 0) is 4.79 Å². The summed E-state index contributed by atoms with van der Waals surface area (Å²) in [5, 5.41) is 15.6. The number of aromatic amines is 1. The Bertz CT molecular complexity index is 1280. The second-order valence-electron chi connectivity index (χ2n) is 8.03. The van der Waals surface area contributed by atoms with E-state index in [0.29, 0.717) is 18.7 Å². The summed E-state index contributed by atoms with van der Waals surface area (Å²) < 4.78 is 1.93. The van der Waals surface area contributed by atoms with E-state index < -0.39 is 5.56 Å². The number of H-pyrrole nitrogens is 1. The maximum absolute atomic E-state index is 12.7. The number of carbonyl (C=O) groups is 1. The highest BCUT2D eigenvalue weighted by Crippen LogP contribution is 2.33. The molecule has 2 heterocycles. The van der Waals surface area contributed by atoms with Gasteiger partial charge in [-0.2, -0.15) is 0 Å². The van der Waals surface area contributed by atoms with Crippen LogP contribution in [0.5, 0.6) is 5.88 Å². The number of benzene rings is 1. The van der Waals surface area contributed by atoms with Crippen LogP contribution < -0.4 is 21.5 Å². The summed E-state index contributed by atoms with van der Waals surface area (Å²) in [7, 11) is 0. The summed E-state index contributed by atoms with van der Waals surface area (Å²) in [5.41, 5.74) is 1.26. The van der Waals surface area contributed by atoms with Gasteiger partial charge in [0.2, 0.25) is 11.8 Å². The Morgan fingerprint density at radius 3 is 2.81 bits per heavy atom. The number of carbonyl (C=O) groups excluding carboxylic acids is 1. The fourth-order valence-corrected chi connectivity index (χ4v) is 4.73. The fraction of sp³-hybridized carbons (Fsp3) is 0.391. The van der Waals surface area contributed by atoms with Crippen molar-refractivity contribution >= 4 is 29.8 Å². The molecule has 4 rings (SSSR count). The molecule has 0 atom stereocenters. The Balaban J connectivity index is 1.80. The molecule has 1 aliphatic heterocycles. The largest absolute Gasteiger partial charge is 0.494 e. The van der Waals surface area contributed by atoms with Gasteiger partial charge in [0.1, 0.15) is 5.56 Å². The normalized spacial score (nSPS) is 17.5. The summed E-state index contributed by atoms with van der Waals surface area (Å²) in [5.74, 6) is -0.210. The molecule has 1 fully saturated rings. The maximum Gasteiger partial charge on any atom is 0.262 e. The van der Waals surface area contributed by atoms with Crippen molar-refractivity contribution in [3.63, 3.8) is 0 Å². The van der Waals surface area contributed by atoms with Crippen molar-refractivity contribution in [2.45, 2.75) is 51.5 Å². The quantitative estimate of drug-likeness (QED) is 0.625. The molecular weight excluding hydrogens is 412 g/mol. The van der Waals surface area contributed by atoms with Crippen LogP contribution in [0.1, 0.15) is 57.1 Å². The standard InChI is InChI=1S/C23H26N4O3S/c1-14(28)24-12-11-17-16-9-5-6-10-19(16)25-20(17)13-18-21(29)26-23(31)27(22(18)30)15-7-3-2-4-8-15/h5-6,9-10,13,15,30H,2-4,7-8,11-12H2,1H3,(H,24,28)(H,26,29,31)/b20-13-. The highest BCUT2D eigenvalue weighted by molar-refractivity contribution is 7.71. The van der Waals surface area contributed by atoms with E-state index in [1.807, 2.05) is 24.3 Å². The number of fused-ring (bicyclic) bond motifs is 1. The molecule has 0 spiro atoms. The lowest BCUT2D eigenvalue weighted by Gasteiger charge is -2.25. The molecule has 0 bridgehead atoms. The van der Waals surface area contributed by atoms with E-state index in [2.05, 4.69) is 15.3 Å². The predicted octanol–water partition coefficient (Wildman–Crippen LogP) is 2.47. The second-order valence-corrected chi connectivity index (χ2v) is 8.42. The second kappa shape index (κ2) is 9.01. The molecule has 2 aliphatic rings. The van der Waals surface area contributed by atoms with E-state index >= 15 is 0 Å². The van der Waals surface area contributed by atoms with Gasteiger partial charge in [-0.25, -0.2) is 4.99 Å². The summed E-state index contributed by atoms with van der Waals surface area (Å²) in [6.07, 6.45) is 7.37. The average molecular weight is 439 g/mol. The molecule has 162 valence electrons. The van der Waals surface area contributed by atoms with Gasteiger partial charge in [0.15, 0.2) is 4.77 Å². The number of hydrogen-bond donors (Lipinski definition) is 3. The number of aromatic nitrogens is 2. The molecule has 8 heteroatoms. The van der Waals surface area contributed by atoms with Crippen LogP contribution in [0, 0.1) is 4.77 Å². The van der Waals surface area contributed by atoms with Crippen LogP contribution in [0.4, 0.5) is 0 Å². The van der Waals surface area contributed by atoms with Gasteiger partial charge in [-0.3, -0.25) is 19.1 Å². The topological polar surface area (TPSA) is 99.5 Å². The third-order valence-electron chi connectivity index (χ3n) is 5.90. The molecule has 1 saturated carbocycles. The molecular formula is C23H26N4O3S. The predicted molar refractivity (Wildman–Crippen MR) is 122 cm³/mol. The van der Waals surface area contributed by atoms with E-state index in [1.165, 1.54) is 13.3 Å².